The Morgan fingerprint density at radius 2 is 1.90 bits per heavy atom. The van der Waals surface area contributed by atoms with Gasteiger partial charge in [0.1, 0.15) is 5.01 Å². The fourth-order valence-corrected chi connectivity index (χ4v) is 4.07. The van der Waals surface area contributed by atoms with Crippen LogP contribution in [0.3, 0.4) is 0 Å². The molecule has 0 saturated carbocycles. The normalized spacial score (nSPS) is 15.1. The van der Waals surface area contributed by atoms with Crippen molar-refractivity contribution in [3.63, 3.8) is 0 Å². The van der Waals surface area contributed by atoms with Crippen LogP contribution in [0.4, 0.5) is 4.79 Å². The summed E-state index contributed by atoms with van der Waals surface area (Å²) in [4.78, 5) is 32.7. The minimum Gasteiger partial charge on any atom is -0.465 e. The van der Waals surface area contributed by atoms with Crippen LogP contribution >= 0.6 is 11.3 Å². The van der Waals surface area contributed by atoms with Crippen molar-refractivity contribution in [1.82, 2.24) is 14.8 Å². The highest BCUT2D eigenvalue weighted by Crippen LogP contribution is 2.25. The lowest BCUT2D eigenvalue weighted by atomic mass is 10.1. The number of rotatable bonds is 6. The number of hydrogen-bond acceptors (Lipinski definition) is 7. The largest absolute Gasteiger partial charge is 0.465 e. The second-order valence-corrected chi connectivity index (χ2v) is 8.66. The van der Waals surface area contributed by atoms with Crippen LogP contribution in [0.15, 0.2) is 29.6 Å². The smallest absolute Gasteiger partial charge is 0.409 e. The van der Waals surface area contributed by atoms with E-state index < -0.39 is 0 Å². The summed E-state index contributed by atoms with van der Waals surface area (Å²) in [6.45, 7) is 8.41. The molecular weight excluding hydrogens is 402 g/mol. The van der Waals surface area contributed by atoms with E-state index >= 15 is 0 Å². The van der Waals surface area contributed by atoms with Crippen LogP contribution < -0.4 is 0 Å². The average Bonchev–Trinajstić information content (AvgIpc) is 3.09. The molecule has 0 spiro atoms. The van der Waals surface area contributed by atoms with Gasteiger partial charge >= 0.3 is 12.1 Å². The van der Waals surface area contributed by atoms with Gasteiger partial charge < -0.3 is 14.4 Å². The van der Waals surface area contributed by atoms with E-state index in [1.54, 1.807) is 28.4 Å². The van der Waals surface area contributed by atoms with Crippen LogP contribution in [0.25, 0.3) is 10.6 Å². The van der Waals surface area contributed by atoms with E-state index in [4.69, 9.17) is 14.5 Å². The van der Waals surface area contributed by atoms with Crippen LogP contribution in [0.1, 0.15) is 36.3 Å². The maximum absolute atomic E-state index is 12.2. The SMILES string of the molecule is COC(=O)c1ccc(-c2nc(CN3CCCN(C(=O)OCC(C)C)CC3)cs2)cc1. The topological polar surface area (TPSA) is 72.0 Å². The van der Waals surface area contributed by atoms with E-state index in [0.29, 0.717) is 24.6 Å². The van der Waals surface area contributed by atoms with Crippen LogP contribution in [-0.4, -0.2) is 66.7 Å². The van der Waals surface area contributed by atoms with Crippen molar-refractivity contribution in [1.29, 1.82) is 0 Å². The van der Waals surface area contributed by atoms with Crippen molar-refractivity contribution < 1.29 is 19.1 Å². The lowest BCUT2D eigenvalue weighted by Gasteiger charge is -2.21. The van der Waals surface area contributed by atoms with Gasteiger partial charge in [0.25, 0.3) is 0 Å². The van der Waals surface area contributed by atoms with E-state index in [1.165, 1.54) is 7.11 Å². The molecule has 0 N–H and O–H groups in total. The average molecular weight is 432 g/mol. The van der Waals surface area contributed by atoms with Crippen molar-refractivity contribution in [3.05, 3.63) is 40.9 Å². The monoisotopic (exact) mass is 431 g/mol. The van der Waals surface area contributed by atoms with Crippen LogP contribution in [-0.2, 0) is 16.0 Å². The van der Waals surface area contributed by atoms with Crippen molar-refractivity contribution in [2.45, 2.75) is 26.8 Å². The third-order valence-electron chi connectivity index (χ3n) is 4.88. The zero-order chi connectivity index (χ0) is 21.5. The predicted molar refractivity (Wildman–Crippen MR) is 117 cm³/mol. The molecule has 0 bridgehead atoms. The zero-order valence-electron chi connectivity index (χ0n) is 17.8. The predicted octanol–water partition coefficient (Wildman–Crippen LogP) is 3.90. The number of hydrogen-bond donors (Lipinski definition) is 0. The zero-order valence-corrected chi connectivity index (χ0v) is 18.6. The van der Waals surface area contributed by atoms with E-state index in [-0.39, 0.29) is 12.1 Å². The molecule has 1 amide bonds. The number of aromatic nitrogens is 1. The van der Waals surface area contributed by atoms with Gasteiger partial charge in [-0.25, -0.2) is 14.6 Å². The Morgan fingerprint density at radius 1 is 1.13 bits per heavy atom. The first-order valence-corrected chi connectivity index (χ1v) is 11.1. The first kappa shape index (κ1) is 22.2. The van der Waals surface area contributed by atoms with E-state index in [2.05, 4.69) is 10.3 Å². The molecule has 30 heavy (non-hydrogen) atoms. The summed E-state index contributed by atoms with van der Waals surface area (Å²) >= 11 is 1.59. The Morgan fingerprint density at radius 3 is 2.60 bits per heavy atom. The molecule has 1 aromatic carbocycles. The van der Waals surface area contributed by atoms with Crippen molar-refractivity contribution in [2.24, 2.45) is 5.92 Å². The number of nitrogens with zero attached hydrogens (tertiary/aromatic N) is 3. The summed E-state index contributed by atoms with van der Waals surface area (Å²) in [7, 11) is 1.38. The first-order chi connectivity index (χ1) is 14.5. The Kier molecular flexibility index (Phi) is 7.81. The Hall–Kier alpha value is -2.45. The van der Waals surface area contributed by atoms with E-state index in [0.717, 1.165) is 48.9 Å². The molecular formula is C22H29N3O4S. The fourth-order valence-electron chi connectivity index (χ4n) is 3.25. The molecule has 1 aromatic heterocycles. The molecule has 1 fully saturated rings. The Labute approximate surface area is 181 Å². The highest BCUT2D eigenvalue weighted by Gasteiger charge is 2.21. The molecule has 8 heteroatoms. The number of thiazole rings is 1. The highest BCUT2D eigenvalue weighted by atomic mass is 32.1. The number of ether oxygens (including phenoxy) is 2. The van der Waals surface area contributed by atoms with Crippen LogP contribution in [0, 0.1) is 5.92 Å². The molecule has 0 radical (unpaired) electrons. The summed E-state index contributed by atoms with van der Waals surface area (Å²) in [6.07, 6.45) is 0.708. The molecule has 1 aliphatic heterocycles. The number of carbonyl (C=O) groups excluding carboxylic acids is 2. The summed E-state index contributed by atoms with van der Waals surface area (Å²) in [5.41, 5.74) is 2.52. The Bertz CT molecular complexity index is 850. The molecule has 2 aromatic rings. The lowest BCUT2D eigenvalue weighted by molar-refractivity contribution is 0.0600. The van der Waals surface area contributed by atoms with Crippen molar-refractivity contribution in [3.8, 4) is 10.6 Å². The maximum atomic E-state index is 12.2. The molecule has 2 heterocycles. The molecule has 162 valence electrons. The molecule has 7 nitrogen and oxygen atoms in total. The van der Waals surface area contributed by atoms with Gasteiger partial charge in [-0.3, -0.25) is 4.90 Å². The molecule has 0 unspecified atom stereocenters. The van der Waals surface area contributed by atoms with Gasteiger partial charge in [-0.2, -0.15) is 0 Å². The van der Waals surface area contributed by atoms with E-state index in [1.807, 2.05) is 26.0 Å². The third kappa shape index (κ3) is 6.03. The van der Waals surface area contributed by atoms with Gasteiger partial charge in [0, 0.05) is 43.7 Å². The molecule has 3 rings (SSSR count). The van der Waals surface area contributed by atoms with E-state index in [9.17, 15) is 9.59 Å². The summed E-state index contributed by atoms with van der Waals surface area (Å²) in [5.74, 6) is -0.00219. The van der Waals surface area contributed by atoms with Crippen LogP contribution in [0.5, 0.6) is 0 Å². The standard InChI is InChI=1S/C22H29N3O4S/c1-16(2)14-29-22(27)25-10-4-9-24(11-12-25)13-19-15-30-20(23-19)17-5-7-18(8-6-17)21(26)28-3/h5-8,15-16H,4,9-14H2,1-3H3. The number of carbonyl (C=O) groups is 2. The first-order valence-electron chi connectivity index (χ1n) is 10.2. The van der Waals surface area contributed by atoms with Crippen LogP contribution in [0.2, 0.25) is 0 Å². The van der Waals surface area contributed by atoms with Gasteiger partial charge in [-0.15, -0.1) is 11.3 Å². The molecule has 0 atom stereocenters. The third-order valence-corrected chi connectivity index (χ3v) is 5.82. The molecule has 0 aliphatic carbocycles. The Balaban J connectivity index is 1.54. The van der Waals surface area contributed by atoms with Gasteiger partial charge in [0.15, 0.2) is 0 Å². The van der Waals surface area contributed by atoms with Gasteiger partial charge in [-0.05, 0) is 24.5 Å². The number of esters is 1. The maximum Gasteiger partial charge on any atom is 0.409 e. The lowest BCUT2D eigenvalue weighted by Crippen LogP contribution is -2.36. The number of amides is 1. The summed E-state index contributed by atoms with van der Waals surface area (Å²) < 4.78 is 10.1. The summed E-state index contributed by atoms with van der Waals surface area (Å²) in [6, 6.07) is 7.29. The minimum atomic E-state index is -0.343. The minimum absolute atomic E-state index is 0.211. The second kappa shape index (κ2) is 10.5. The molecule has 1 saturated heterocycles. The van der Waals surface area contributed by atoms with Gasteiger partial charge in [0.2, 0.25) is 0 Å². The molecule has 1 aliphatic rings. The quantitative estimate of drug-likeness (QED) is 0.646. The second-order valence-electron chi connectivity index (χ2n) is 7.80. The van der Waals surface area contributed by atoms with Crippen molar-refractivity contribution >= 4 is 23.4 Å². The highest BCUT2D eigenvalue weighted by molar-refractivity contribution is 7.13. The number of benzene rings is 1. The van der Waals surface area contributed by atoms with Gasteiger partial charge in [-0.1, -0.05) is 26.0 Å². The summed E-state index contributed by atoms with van der Waals surface area (Å²) in [5, 5.41) is 3.00. The number of methoxy groups -OCH3 is 1. The van der Waals surface area contributed by atoms with Crippen molar-refractivity contribution in [2.75, 3.05) is 39.9 Å². The fraction of sp³-hybridized carbons (Fsp3) is 0.500. The van der Waals surface area contributed by atoms with Gasteiger partial charge in [0.05, 0.1) is 25.0 Å².